The summed E-state index contributed by atoms with van der Waals surface area (Å²) in [6.45, 7) is 1.35. The van der Waals surface area contributed by atoms with Crippen molar-refractivity contribution in [2.75, 3.05) is 24.6 Å². The fourth-order valence-corrected chi connectivity index (χ4v) is 5.46. The number of hydrogen-bond donors (Lipinski definition) is 4. The monoisotopic (exact) mass is 524 g/mol. The number of nitrogens with zero attached hydrogens (tertiary/aromatic N) is 3. The number of β-lactam (4-membered cyclic amide) rings is 1. The topological polar surface area (TPSA) is 203 Å². The predicted molar refractivity (Wildman–Crippen MR) is 122 cm³/mol. The van der Waals surface area contributed by atoms with Gasteiger partial charge in [0.05, 0.1) is 0 Å². The van der Waals surface area contributed by atoms with Crippen LogP contribution in [0.3, 0.4) is 0 Å². The van der Waals surface area contributed by atoms with Gasteiger partial charge in [-0.2, -0.15) is 0 Å². The van der Waals surface area contributed by atoms with Crippen LogP contribution in [0.5, 0.6) is 0 Å². The number of rotatable bonds is 8. The van der Waals surface area contributed by atoms with Gasteiger partial charge in [-0.15, -0.1) is 23.1 Å². The van der Waals surface area contributed by atoms with Gasteiger partial charge in [0, 0.05) is 36.6 Å². The molecule has 0 aromatic carbocycles. The molecule has 35 heavy (non-hydrogen) atoms. The van der Waals surface area contributed by atoms with Gasteiger partial charge in [0.15, 0.2) is 10.8 Å². The Morgan fingerprint density at radius 1 is 1.40 bits per heavy atom. The van der Waals surface area contributed by atoms with Crippen molar-refractivity contribution < 1.29 is 38.7 Å². The van der Waals surface area contributed by atoms with Gasteiger partial charge in [-0.25, -0.2) is 9.78 Å². The number of carbonyl (C=O) groups excluding carboxylic acids is 4. The molecular formula is C19H20N6O8S2. The number of hydrogen-bond acceptors (Lipinski definition) is 12. The molecule has 3 aliphatic rings. The summed E-state index contributed by atoms with van der Waals surface area (Å²) >= 11 is 2.27. The lowest BCUT2D eigenvalue weighted by Crippen LogP contribution is -2.71. The van der Waals surface area contributed by atoms with Crippen LogP contribution in [0.25, 0.3) is 0 Å². The quantitative estimate of drug-likeness (QED) is 0.135. The van der Waals surface area contributed by atoms with E-state index in [1.165, 1.54) is 24.1 Å². The number of esters is 1. The van der Waals surface area contributed by atoms with Crippen molar-refractivity contribution in [3.63, 3.8) is 0 Å². The number of carbonyl (C=O) groups is 5. The van der Waals surface area contributed by atoms with Crippen LogP contribution in [0.4, 0.5) is 5.13 Å². The highest BCUT2D eigenvalue weighted by Gasteiger charge is 2.54. The molecule has 0 aliphatic carbocycles. The maximum Gasteiger partial charge on any atom is 0.352 e. The molecule has 3 amide bonds. The average molecular weight is 525 g/mol. The Bertz CT molecular complexity index is 1160. The number of carboxylic acid groups (broad SMARTS) is 1. The summed E-state index contributed by atoms with van der Waals surface area (Å²) in [6.07, 6.45) is -0.506. The molecule has 186 valence electrons. The third kappa shape index (κ3) is 4.93. The number of fused-ring (bicyclic) bond motifs is 1. The number of ether oxygens (including phenoxy) is 1. The number of aliphatic carboxylic acids is 1. The lowest BCUT2D eigenvalue weighted by molar-refractivity contribution is -0.150. The van der Waals surface area contributed by atoms with Crippen molar-refractivity contribution in [3.8, 4) is 0 Å². The molecule has 2 fully saturated rings. The van der Waals surface area contributed by atoms with Gasteiger partial charge in [0.1, 0.15) is 29.4 Å². The number of thiazole rings is 1. The number of aromatic nitrogens is 1. The second-order valence-electron chi connectivity index (χ2n) is 7.58. The molecule has 4 heterocycles. The van der Waals surface area contributed by atoms with Gasteiger partial charge in [-0.3, -0.25) is 24.1 Å². The van der Waals surface area contributed by atoms with Crippen molar-refractivity contribution in [3.05, 3.63) is 22.3 Å². The molecule has 0 bridgehead atoms. The van der Waals surface area contributed by atoms with E-state index in [4.69, 9.17) is 15.3 Å². The van der Waals surface area contributed by atoms with Crippen LogP contribution < -0.4 is 16.4 Å². The van der Waals surface area contributed by atoms with E-state index >= 15 is 0 Å². The zero-order valence-corrected chi connectivity index (χ0v) is 19.8. The highest BCUT2D eigenvalue weighted by molar-refractivity contribution is 8.00. The van der Waals surface area contributed by atoms with E-state index in [-0.39, 0.29) is 46.1 Å². The van der Waals surface area contributed by atoms with E-state index < -0.39 is 41.3 Å². The second kappa shape index (κ2) is 9.91. The molecule has 4 rings (SSSR count). The molecule has 1 aromatic rings. The smallest absolute Gasteiger partial charge is 0.352 e. The molecule has 16 heteroatoms. The number of nitrogens with one attached hydrogen (secondary N) is 2. The number of carboxylic acids is 1. The largest absolute Gasteiger partial charge is 0.477 e. The molecule has 1 aromatic heterocycles. The van der Waals surface area contributed by atoms with Crippen LogP contribution in [0.1, 0.15) is 19.0 Å². The van der Waals surface area contributed by atoms with Gasteiger partial charge in [-0.05, 0) is 0 Å². The Kier molecular flexibility index (Phi) is 6.93. The Morgan fingerprint density at radius 2 is 2.17 bits per heavy atom. The molecular weight excluding hydrogens is 504 g/mol. The summed E-state index contributed by atoms with van der Waals surface area (Å²) in [5.41, 5.74) is 5.47. The number of thioether (sulfide) groups is 1. The fourth-order valence-electron chi connectivity index (χ4n) is 3.58. The zero-order chi connectivity index (χ0) is 25.3. The number of nitrogens with two attached hydrogens (primary N) is 1. The molecule has 2 saturated heterocycles. The first-order chi connectivity index (χ1) is 16.7. The van der Waals surface area contributed by atoms with Crippen molar-refractivity contribution in [1.82, 2.24) is 20.5 Å². The zero-order valence-electron chi connectivity index (χ0n) is 18.2. The summed E-state index contributed by atoms with van der Waals surface area (Å²) in [4.78, 5) is 70.9. The number of anilines is 1. The minimum atomic E-state index is -1.35. The number of amides is 3. The normalized spacial score (nSPS) is 23.9. The summed E-state index contributed by atoms with van der Waals surface area (Å²) in [6, 6.07) is -1.05. The summed E-state index contributed by atoms with van der Waals surface area (Å²) in [5.74, 6) is -3.58. The lowest BCUT2D eigenvalue weighted by Gasteiger charge is -2.49. The van der Waals surface area contributed by atoms with E-state index in [0.29, 0.717) is 13.0 Å². The van der Waals surface area contributed by atoms with Crippen molar-refractivity contribution in [2.24, 2.45) is 5.16 Å². The van der Waals surface area contributed by atoms with E-state index in [2.05, 4.69) is 20.8 Å². The molecule has 3 atom stereocenters. The Labute approximate surface area is 205 Å². The van der Waals surface area contributed by atoms with Gasteiger partial charge < -0.3 is 31.0 Å². The third-order valence-electron chi connectivity index (χ3n) is 5.24. The molecule has 3 aliphatic heterocycles. The Hall–Kier alpha value is -3.66. The fraction of sp³-hybridized carbons (Fsp3) is 0.421. The highest BCUT2D eigenvalue weighted by Crippen LogP contribution is 2.40. The molecule has 0 saturated carbocycles. The van der Waals surface area contributed by atoms with Crippen LogP contribution in [0, 0.1) is 0 Å². The standard InChI is InChI=1S/C19H20N6O8S2/c1-7(26)32-4-8-5-34-17-12(16(29)25(17)13(8)18(30)31)23-15(28)11(9-6-35-19(20)22-9)24-33-10-2-3-21-14(10)27/h6,10,12,17H,2-5H2,1H3,(H2,20,22)(H,21,27)(H,23,28)(H,30,31)/b24-11-/t10?,12-,17-/m1/s1. The first kappa shape index (κ1) is 24.5. The summed E-state index contributed by atoms with van der Waals surface area (Å²) in [7, 11) is 0. The van der Waals surface area contributed by atoms with Crippen LogP contribution >= 0.6 is 23.1 Å². The number of nitrogen functional groups attached to an aromatic ring is 1. The van der Waals surface area contributed by atoms with Crippen molar-refractivity contribution in [2.45, 2.75) is 30.9 Å². The highest BCUT2D eigenvalue weighted by atomic mass is 32.2. The van der Waals surface area contributed by atoms with E-state index in [0.717, 1.165) is 16.2 Å². The maximum atomic E-state index is 13.1. The molecule has 0 radical (unpaired) electrons. The van der Waals surface area contributed by atoms with Gasteiger partial charge in [-0.1, -0.05) is 5.16 Å². The van der Waals surface area contributed by atoms with Gasteiger partial charge >= 0.3 is 11.9 Å². The van der Waals surface area contributed by atoms with Crippen LogP contribution in [-0.2, 0) is 33.5 Å². The molecule has 5 N–H and O–H groups in total. The van der Waals surface area contributed by atoms with E-state index in [9.17, 15) is 29.1 Å². The first-order valence-electron chi connectivity index (χ1n) is 10.2. The van der Waals surface area contributed by atoms with Crippen LogP contribution in [0.2, 0.25) is 0 Å². The number of oxime groups is 1. The Balaban J connectivity index is 1.51. The predicted octanol–water partition coefficient (Wildman–Crippen LogP) is -1.36. The molecule has 1 unspecified atom stereocenters. The molecule has 0 spiro atoms. The van der Waals surface area contributed by atoms with Gasteiger partial charge in [0.25, 0.3) is 17.7 Å². The molecule has 14 nitrogen and oxygen atoms in total. The van der Waals surface area contributed by atoms with Crippen LogP contribution in [-0.4, -0.2) is 86.8 Å². The van der Waals surface area contributed by atoms with Crippen LogP contribution in [0.15, 0.2) is 21.8 Å². The van der Waals surface area contributed by atoms with Gasteiger partial charge in [0.2, 0.25) is 6.10 Å². The average Bonchev–Trinajstić information content (AvgIpc) is 3.43. The second-order valence-corrected chi connectivity index (χ2v) is 9.58. The van der Waals surface area contributed by atoms with Crippen molar-refractivity contribution in [1.29, 1.82) is 0 Å². The summed E-state index contributed by atoms with van der Waals surface area (Å²) in [5, 5.41) is 19.5. The van der Waals surface area contributed by atoms with E-state index in [1.807, 2.05) is 0 Å². The van der Waals surface area contributed by atoms with Crippen molar-refractivity contribution >= 4 is 63.6 Å². The lowest BCUT2D eigenvalue weighted by atomic mass is 10.0. The maximum absolute atomic E-state index is 13.1. The van der Waals surface area contributed by atoms with E-state index in [1.54, 1.807) is 0 Å². The third-order valence-corrected chi connectivity index (χ3v) is 7.25. The first-order valence-corrected chi connectivity index (χ1v) is 12.2. The summed E-state index contributed by atoms with van der Waals surface area (Å²) < 4.78 is 4.90. The minimum Gasteiger partial charge on any atom is -0.477 e. The minimum absolute atomic E-state index is 0.0955. The Morgan fingerprint density at radius 3 is 2.77 bits per heavy atom. The SMILES string of the molecule is CC(=O)OCC1=C(C(=O)O)N2C(=O)[C@@H](NC(=O)/C(=N\OC3CCNC3=O)c3csc(N)n3)[C@H]2SC1.